The van der Waals surface area contributed by atoms with Crippen molar-refractivity contribution in [2.75, 3.05) is 13.7 Å². The standard InChI is InChI=1S/C21H18ClF2N3O3/c1-27(21(29)19(25)10-3-2-4-11(22)5-10)17-9-30-8-16-18(17)12-6-14(23)15(24)7-13(12)20(28)26-16/h2-7,17,19H,8-9,25H2,1H3,(H,26,28). The molecule has 156 valence electrons. The zero-order valence-corrected chi connectivity index (χ0v) is 16.7. The van der Waals surface area contributed by atoms with Gasteiger partial charge in [0, 0.05) is 23.3 Å². The first-order valence-corrected chi connectivity index (χ1v) is 9.55. The molecular weight excluding hydrogens is 416 g/mol. The van der Waals surface area contributed by atoms with Crippen LogP contribution in [0.1, 0.15) is 28.9 Å². The van der Waals surface area contributed by atoms with E-state index in [0.717, 1.165) is 12.1 Å². The Morgan fingerprint density at radius 3 is 2.67 bits per heavy atom. The van der Waals surface area contributed by atoms with E-state index in [1.54, 1.807) is 31.3 Å². The number of fused-ring (bicyclic) bond motifs is 3. The third-order valence-corrected chi connectivity index (χ3v) is 5.56. The topological polar surface area (TPSA) is 88.4 Å². The van der Waals surface area contributed by atoms with Crippen molar-refractivity contribution in [2.45, 2.75) is 18.7 Å². The van der Waals surface area contributed by atoms with Gasteiger partial charge in [-0.05, 0) is 35.2 Å². The van der Waals surface area contributed by atoms with Gasteiger partial charge in [-0.25, -0.2) is 8.78 Å². The summed E-state index contributed by atoms with van der Waals surface area (Å²) in [5.41, 5.74) is 7.05. The first-order chi connectivity index (χ1) is 14.3. The Kier molecular flexibility index (Phi) is 5.31. The van der Waals surface area contributed by atoms with Gasteiger partial charge in [0.1, 0.15) is 6.04 Å². The summed E-state index contributed by atoms with van der Waals surface area (Å²) in [6, 6.07) is 6.86. The van der Waals surface area contributed by atoms with Gasteiger partial charge in [-0.2, -0.15) is 0 Å². The molecule has 6 nitrogen and oxygen atoms in total. The van der Waals surface area contributed by atoms with Crippen molar-refractivity contribution in [3.63, 3.8) is 0 Å². The van der Waals surface area contributed by atoms with E-state index in [-0.39, 0.29) is 24.0 Å². The second kappa shape index (κ2) is 7.79. The molecule has 2 heterocycles. The van der Waals surface area contributed by atoms with Gasteiger partial charge < -0.3 is 20.4 Å². The van der Waals surface area contributed by atoms with E-state index >= 15 is 0 Å². The molecule has 0 radical (unpaired) electrons. The zero-order chi connectivity index (χ0) is 21.6. The molecule has 2 unspecified atom stereocenters. The van der Waals surface area contributed by atoms with Crippen LogP contribution in [0.2, 0.25) is 5.02 Å². The van der Waals surface area contributed by atoms with Crippen LogP contribution in [0.15, 0.2) is 41.2 Å². The van der Waals surface area contributed by atoms with Crippen LogP contribution in [0.4, 0.5) is 8.78 Å². The number of nitrogens with two attached hydrogens (primary N) is 1. The van der Waals surface area contributed by atoms with E-state index in [1.165, 1.54) is 4.90 Å². The first-order valence-electron chi connectivity index (χ1n) is 9.17. The van der Waals surface area contributed by atoms with Crippen LogP contribution in [-0.2, 0) is 16.1 Å². The van der Waals surface area contributed by atoms with Gasteiger partial charge in [0.05, 0.1) is 24.6 Å². The average Bonchev–Trinajstić information content (AvgIpc) is 2.73. The monoisotopic (exact) mass is 433 g/mol. The molecule has 0 aliphatic carbocycles. The first kappa shape index (κ1) is 20.5. The molecule has 9 heteroatoms. The van der Waals surface area contributed by atoms with Gasteiger partial charge in [-0.1, -0.05) is 23.7 Å². The summed E-state index contributed by atoms with van der Waals surface area (Å²) in [7, 11) is 1.55. The number of nitrogens with zero attached hydrogens (tertiary/aromatic N) is 1. The molecule has 0 spiro atoms. The molecule has 0 fully saturated rings. The average molecular weight is 434 g/mol. The van der Waals surface area contributed by atoms with Crippen LogP contribution in [0.5, 0.6) is 0 Å². The van der Waals surface area contributed by atoms with Gasteiger partial charge in [0.15, 0.2) is 11.6 Å². The zero-order valence-electron chi connectivity index (χ0n) is 15.9. The Bertz CT molecular complexity index is 1210. The number of hydrogen-bond acceptors (Lipinski definition) is 4. The molecule has 3 aromatic rings. The normalized spacial score (nSPS) is 16.9. The molecule has 1 aliphatic rings. The fourth-order valence-electron chi connectivity index (χ4n) is 3.76. The van der Waals surface area contributed by atoms with Gasteiger partial charge in [0.2, 0.25) is 5.91 Å². The van der Waals surface area contributed by atoms with Gasteiger partial charge in [-0.15, -0.1) is 0 Å². The number of benzene rings is 2. The van der Waals surface area contributed by atoms with Crippen LogP contribution < -0.4 is 11.3 Å². The Labute approximate surface area is 175 Å². The van der Waals surface area contributed by atoms with Crippen LogP contribution in [0.3, 0.4) is 0 Å². The highest BCUT2D eigenvalue weighted by atomic mass is 35.5. The van der Waals surface area contributed by atoms with E-state index in [1.807, 2.05) is 0 Å². The van der Waals surface area contributed by atoms with Gasteiger partial charge in [0.25, 0.3) is 5.56 Å². The number of rotatable bonds is 3. The maximum Gasteiger partial charge on any atom is 0.256 e. The largest absolute Gasteiger partial charge is 0.373 e. The van der Waals surface area contributed by atoms with E-state index in [2.05, 4.69) is 4.98 Å². The number of aromatic amines is 1. The number of H-pyrrole nitrogens is 1. The lowest BCUT2D eigenvalue weighted by atomic mass is 9.94. The molecule has 0 saturated heterocycles. The van der Waals surface area contributed by atoms with Crippen molar-refractivity contribution in [1.82, 2.24) is 9.88 Å². The van der Waals surface area contributed by atoms with Crippen molar-refractivity contribution in [3.8, 4) is 0 Å². The molecule has 2 aromatic carbocycles. The summed E-state index contributed by atoms with van der Waals surface area (Å²) >= 11 is 6.00. The van der Waals surface area contributed by atoms with Gasteiger partial charge >= 0.3 is 0 Å². The third-order valence-electron chi connectivity index (χ3n) is 5.33. The van der Waals surface area contributed by atoms with Crippen LogP contribution in [-0.4, -0.2) is 29.4 Å². The van der Waals surface area contributed by atoms with E-state index < -0.39 is 35.2 Å². The number of aromatic nitrogens is 1. The molecule has 4 rings (SSSR count). The summed E-state index contributed by atoms with van der Waals surface area (Å²) in [6.07, 6.45) is 0. The summed E-state index contributed by atoms with van der Waals surface area (Å²) in [6.45, 7) is 0.191. The lowest BCUT2D eigenvalue weighted by Crippen LogP contribution is -2.42. The molecular formula is C21H18ClF2N3O3. The molecule has 1 aliphatic heterocycles. The van der Waals surface area contributed by atoms with Crippen molar-refractivity contribution >= 4 is 28.3 Å². The van der Waals surface area contributed by atoms with E-state index in [4.69, 9.17) is 22.1 Å². The van der Waals surface area contributed by atoms with Crippen molar-refractivity contribution < 1.29 is 18.3 Å². The number of pyridine rings is 1. The Hall–Kier alpha value is -2.81. The number of amides is 1. The minimum absolute atomic E-state index is 0.000427. The number of hydrogen-bond donors (Lipinski definition) is 2. The minimum Gasteiger partial charge on any atom is -0.373 e. The lowest BCUT2D eigenvalue weighted by molar-refractivity contribution is -0.135. The highest BCUT2D eigenvalue weighted by Crippen LogP contribution is 2.34. The minimum atomic E-state index is -1.12. The molecule has 1 amide bonds. The molecule has 1 aromatic heterocycles. The Morgan fingerprint density at radius 2 is 1.97 bits per heavy atom. The summed E-state index contributed by atoms with van der Waals surface area (Å²) < 4.78 is 33.3. The molecule has 0 bridgehead atoms. The summed E-state index contributed by atoms with van der Waals surface area (Å²) in [5.74, 6) is -2.62. The number of nitrogens with one attached hydrogen (secondary N) is 1. The Morgan fingerprint density at radius 1 is 1.27 bits per heavy atom. The molecule has 2 atom stereocenters. The number of carbonyl (C=O) groups excluding carboxylic acids is 1. The van der Waals surface area contributed by atoms with E-state index in [0.29, 0.717) is 21.8 Å². The molecule has 3 N–H and O–H groups in total. The van der Waals surface area contributed by atoms with Gasteiger partial charge in [-0.3, -0.25) is 9.59 Å². The fourth-order valence-corrected chi connectivity index (χ4v) is 3.96. The quantitative estimate of drug-likeness (QED) is 0.664. The second-order valence-electron chi connectivity index (χ2n) is 7.17. The van der Waals surface area contributed by atoms with E-state index in [9.17, 15) is 18.4 Å². The van der Waals surface area contributed by atoms with Crippen molar-refractivity contribution in [2.24, 2.45) is 5.73 Å². The number of ether oxygens (including phenoxy) is 1. The highest BCUT2D eigenvalue weighted by molar-refractivity contribution is 6.30. The predicted octanol–water partition coefficient (Wildman–Crippen LogP) is 3.19. The predicted molar refractivity (Wildman–Crippen MR) is 108 cm³/mol. The SMILES string of the molecule is CN(C(=O)C(N)c1cccc(Cl)c1)C1COCc2[nH]c(=O)c3cc(F)c(F)cc3c21. The molecule has 0 saturated carbocycles. The van der Waals surface area contributed by atoms with Crippen LogP contribution >= 0.6 is 11.6 Å². The van der Waals surface area contributed by atoms with Crippen LogP contribution in [0, 0.1) is 11.6 Å². The second-order valence-corrected chi connectivity index (χ2v) is 7.61. The third kappa shape index (κ3) is 3.47. The number of halogens is 3. The fraction of sp³-hybridized carbons (Fsp3) is 0.238. The smallest absolute Gasteiger partial charge is 0.256 e. The summed E-state index contributed by atoms with van der Waals surface area (Å²) in [4.78, 5) is 29.5. The maximum atomic E-state index is 14.0. The van der Waals surface area contributed by atoms with Crippen molar-refractivity contribution in [3.05, 3.63) is 80.2 Å². The number of carbonyl (C=O) groups is 1. The highest BCUT2D eigenvalue weighted by Gasteiger charge is 2.33. The number of likely N-dealkylation sites (N-methyl/N-ethyl adjacent to an activating group) is 1. The van der Waals surface area contributed by atoms with Crippen LogP contribution in [0.25, 0.3) is 10.8 Å². The maximum absolute atomic E-state index is 14.0. The van der Waals surface area contributed by atoms with Crippen molar-refractivity contribution in [1.29, 1.82) is 0 Å². The molecule has 30 heavy (non-hydrogen) atoms. The Balaban J connectivity index is 1.78. The lowest BCUT2D eigenvalue weighted by Gasteiger charge is -2.35. The summed E-state index contributed by atoms with van der Waals surface area (Å²) in [5, 5.41) is 0.683.